The number of hydrogen-bond donors (Lipinski definition) is 2. The van der Waals surface area contributed by atoms with Gasteiger partial charge in [0.05, 0.1) is 0 Å². The summed E-state index contributed by atoms with van der Waals surface area (Å²) < 4.78 is 12.7. The number of halogens is 1. The molecule has 0 unspecified atom stereocenters. The minimum absolute atomic E-state index is 0.218. The first-order valence-corrected chi connectivity index (χ1v) is 6.36. The summed E-state index contributed by atoms with van der Waals surface area (Å²) in [5.74, 6) is 0.172. The maximum Gasteiger partial charge on any atom is 0.269 e. The van der Waals surface area contributed by atoms with Gasteiger partial charge in [-0.2, -0.15) is 0 Å². The van der Waals surface area contributed by atoms with Gasteiger partial charge in [0.1, 0.15) is 17.3 Å². The summed E-state index contributed by atoms with van der Waals surface area (Å²) in [4.78, 5) is 16.1. The zero-order chi connectivity index (χ0) is 14.4. The number of aromatic nitrogens is 1. The molecule has 0 aliphatic carbocycles. The first-order valence-electron chi connectivity index (χ1n) is 6.36. The zero-order valence-corrected chi connectivity index (χ0v) is 11.2. The molecule has 20 heavy (non-hydrogen) atoms. The Morgan fingerprint density at radius 1 is 1.20 bits per heavy atom. The molecule has 0 aliphatic heterocycles. The Balaban J connectivity index is 1.87. The van der Waals surface area contributed by atoms with Crippen LogP contribution in [0.1, 0.15) is 16.1 Å². The Labute approximate surface area is 117 Å². The molecule has 1 aromatic heterocycles. The molecule has 1 amide bonds. The number of hydrogen-bond acceptors (Lipinski definition) is 3. The minimum atomic E-state index is -0.258. The Kier molecular flexibility index (Phi) is 4.65. The van der Waals surface area contributed by atoms with Gasteiger partial charge in [0.2, 0.25) is 0 Å². The van der Waals surface area contributed by atoms with E-state index in [1.54, 1.807) is 37.4 Å². The van der Waals surface area contributed by atoms with Gasteiger partial charge in [0.15, 0.2) is 0 Å². The molecule has 0 atom stereocenters. The molecule has 2 aromatic rings. The molecule has 0 bridgehead atoms. The van der Waals surface area contributed by atoms with E-state index in [9.17, 15) is 9.18 Å². The maximum atomic E-state index is 12.7. The topological polar surface area (TPSA) is 54.0 Å². The lowest BCUT2D eigenvalue weighted by Gasteiger charge is -2.06. The monoisotopic (exact) mass is 273 g/mol. The molecule has 0 aliphatic rings. The van der Waals surface area contributed by atoms with Crippen LogP contribution in [0.3, 0.4) is 0 Å². The van der Waals surface area contributed by atoms with Crippen LogP contribution in [0.25, 0.3) is 0 Å². The van der Waals surface area contributed by atoms with Crippen molar-refractivity contribution in [2.24, 2.45) is 0 Å². The van der Waals surface area contributed by atoms with Crippen molar-refractivity contribution >= 4 is 11.7 Å². The molecule has 2 rings (SSSR count). The fourth-order valence-electron chi connectivity index (χ4n) is 1.76. The van der Waals surface area contributed by atoms with Gasteiger partial charge in [-0.3, -0.25) is 4.79 Å². The molecule has 0 saturated heterocycles. The van der Waals surface area contributed by atoms with E-state index in [4.69, 9.17) is 0 Å². The van der Waals surface area contributed by atoms with Gasteiger partial charge in [-0.15, -0.1) is 0 Å². The number of anilines is 1. The predicted octanol–water partition coefficient (Wildman–Crippen LogP) is 2.23. The van der Waals surface area contributed by atoms with Crippen LogP contribution in [-0.2, 0) is 6.42 Å². The fourth-order valence-corrected chi connectivity index (χ4v) is 1.76. The second-order valence-electron chi connectivity index (χ2n) is 4.29. The van der Waals surface area contributed by atoms with Gasteiger partial charge in [-0.1, -0.05) is 18.2 Å². The molecular weight excluding hydrogens is 257 g/mol. The Bertz CT molecular complexity index is 584. The van der Waals surface area contributed by atoms with Crippen molar-refractivity contribution in [1.29, 1.82) is 0 Å². The smallest absolute Gasteiger partial charge is 0.269 e. The Morgan fingerprint density at radius 3 is 2.65 bits per heavy atom. The molecule has 0 fully saturated rings. The number of carbonyl (C=O) groups excluding carboxylic acids is 1. The lowest BCUT2D eigenvalue weighted by atomic mass is 10.1. The molecular formula is C15H16FN3O. The number of nitrogens with zero attached hydrogens (tertiary/aromatic N) is 1. The van der Waals surface area contributed by atoms with Crippen LogP contribution in [0.5, 0.6) is 0 Å². The lowest BCUT2D eigenvalue weighted by Crippen LogP contribution is -2.26. The summed E-state index contributed by atoms with van der Waals surface area (Å²) in [7, 11) is 1.75. The third-order valence-corrected chi connectivity index (χ3v) is 2.85. The van der Waals surface area contributed by atoms with E-state index in [2.05, 4.69) is 15.6 Å². The number of rotatable bonds is 5. The quantitative estimate of drug-likeness (QED) is 0.878. The first kappa shape index (κ1) is 14.0. The molecule has 0 saturated carbocycles. The highest BCUT2D eigenvalue weighted by molar-refractivity contribution is 5.92. The molecule has 5 heteroatoms. The average molecular weight is 273 g/mol. The van der Waals surface area contributed by atoms with Crippen LogP contribution in [0.15, 0.2) is 42.5 Å². The zero-order valence-electron chi connectivity index (χ0n) is 11.2. The second-order valence-corrected chi connectivity index (χ2v) is 4.29. The summed E-state index contributed by atoms with van der Waals surface area (Å²) in [6.07, 6.45) is 0.651. The third kappa shape index (κ3) is 3.78. The summed E-state index contributed by atoms with van der Waals surface area (Å²) in [6, 6.07) is 11.5. The largest absolute Gasteiger partial charge is 0.373 e. The van der Waals surface area contributed by atoms with Crippen LogP contribution in [0.2, 0.25) is 0 Å². The Hall–Kier alpha value is -2.43. The number of carbonyl (C=O) groups is 1. The van der Waals surface area contributed by atoms with Gasteiger partial charge < -0.3 is 10.6 Å². The Morgan fingerprint density at radius 2 is 1.95 bits per heavy atom. The van der Waals surface area contributed by atoms with Crippen molar-refractivity contribution in [2.45, 2.75) is 6.42 Å². The predicted molar refractivity (Wildman–Crippen MR) is 76.2 cm³/mol. The third-order valence-electron chi connectivity index (χ3n) is 2.85. The number of benzene rings is 1. The standard InChI is InChI=1S/C15H16FN3O/c1-17-14-4-2-3-13(19-14)15(20)18-10-9-11-5-7-12(16)8-6-11/h2-8H,9-10H2,1H3,(H,17,19)(H,18,20). The minimum Gasteiger partial charge on any atom is -0.373 e. The molecule has 2 N–H and O–H groups in total. The van der Waals surface area contributed by atoms with Crippen molar-refractivity contribution in [3.05, 3.63) is 59.5 Å². The number of amides is 1. The molecule has 0 spiro atoms. The van der Waals surface area contributed by atoms with Crippen LogP contribution >= 0.6 is 0 Å². The van der Waals surface area contributed by atoms with Crippen molar-refractivity contribution in [1.82, 2.24) is 10.3 Å². The average Bonchev–Trinajstić information content (AvgIpc) is 2.49. The van der Waals surface area contributed by atoms with Gasteiger partial charge in [-0.05, 0) is 36.2 Å². The van der Waals surface area contributed by atoms with Gasteiger partial charge in [-0.25, -0.2) is 9.37 Å². The highest BCUT2D eigenvalue weighted by Crippen LogP contribution is 2.05. The maximum absolute atomic E-state index is 12.7. The second kappa shape index (κ2) is 6.65. The summed E-state index contributed by atoms with van der Waals surface area (Å²) in [5.41, 5.74) is 1.35. The van der Waals surface area contributed by atoms with E-state index in [0.717, 1.165) is 5.56 Å². The summed E-state index contributed by atoms with van der Waals surface area (Å²) in [6.45, 7) is 0.482. The van der Waals surface area contributed by atoms with Crippen LogP contribution < -0.4 is 10.6 Å². The molecule has 1 aromatic carbocycles. The normalized spacial score (nSPS) is 10.1. The van der Waals surface area contributed by atoms with Crippen molar-refractivity contribution in [3.8, 4) is 0 Å². The van der Waals surface area contributed by atoms with Gasteiger partial charge in [0.25, 0.3) is 5.91 Å². The van der Waals surface area contributed by atoms with E-state index >= 15 is 0 Å². The van der Waals surface area contributed by atoms with Crippen LogP contribution in [0, 0.1) is 5.82 Å². The van der Waals surface area contributed by atoms with E-state index in [-0.39, 0.29) is 11.7 Å². The molecule has 0 radical (unpaired) electrons. The van der Waals surface area contributed by atoms with Crippen molar-refractivity contribution < 1.29 is 9.18 Å². The van der Waals surface area contributed by atoms with Gasteiger partial charge >= 0.3 is 0 Å². The van der Waals surface area contributed by atoms with Gasteiger partial charge in [0, 0.05) is 13.6 Å². The fraction of sp³-hybridized carbons (Fsp3) is 0.200. The number of nitrogens with one attached hydrogen (secondary N) is 2. The van der Waals surface area contributed by atoms with Crippen molar-refractivity contribution in [2.75, 3.05) is 18.9 Å². The highest BCUT2D eigenvalue weighted by atomic mass is 19.1. The van der Waals surface area contributed by atoms with Crippen LogP contribution in [0.4, 0.5) is 10.2 Å². The highest BCUT2D eigenvalue weighted by Gasteiger charge is 2.06. The lowest BCUT2D eigenvalue weighted by molar-refractivity contribution is 0.0949. The van der Waals surface area contributed by atoms with E-state index in [0.29, 0.717) is 24.5 Å². The van der Waals surface area contributed by atoms with Crippen LogP contribution in [-0.4, -0.2) is 24.5 Å². The first-order chi connectivity index (χ1) is 9.69. The summed E-state index contributed by atoms with van der Waals surface area (Å²) >= 11 is 0. The molecule has 4 nitrogen and oxygen atoms in total. The summed E-state index contributed by atoms with van der Waals surface area (Å²) in [5, 5.41) is 5.67. The molecule has 104 valence electrons. The van der Waals surface area contributed by atoms with E-state index < -0.39 is 0 Å². The SMILES string of the molecule is CNc1cccc(C(=O)NCCc2ccc(F)cc2)n1. The van der Waals surface area contributed by atoms with E-state index in [1.807, 2.05) is 0 Å². The van der Waals surface area contributed by atoms with Crippen molar-refractivity contribution in [3.63, 3.8) is 0 Å². The number of pyridine rings is 1. The van der Waals surface area contributed by atoms with E-state index in [1.165, 1.54) is 12.1 Å². The molecule has 1 heterocycles.